The second kappa shape index (κ2) is 8.20. The van der Waals surface area contributed by atoms with Gasteiger partial charge < -0.3 is 15.2 Å². The fourth-order valence-corrected chi connectivity index (χ4v) is 4.15. The van der Waals surface area contributed by atoms with E-state index in [0.29, 0.717) is 11.7 Å². The Bertz CT molecular complexity index is 764. The highest BCUT2D eigenvalue weighted by atomic mass is 16.5. The number of rotatable bonds is 4. The van der Waals surface area contributed by atoms with Gasteiger partial charge in [-0.1, -0.05) is 34.6 Å². The topological polar surface area (TPSA) is 94.8 Å². The summed E-state index contributed by atoms with van der Waals surface area (Å²) in [7, 11) is 0. The van der Waals surface area contributed by atoms with Crippen molar-refractivity contribution in [1.29, 1.82) is 0 Å². The zero-order chi connectivity index (χ0) is 21.3. The van der Waals surface area contributed by atoms with Gasteiger partial charge in [-0.3, -0.25) is 14.5 Å². The van der Waals surface area contributed by atoms with Crippen molar-refractivity contribution in [2.45, 2.75) is 72.5 Å². The smallest absolute Gasteiger partial charge is 0.326 e. The number of amides is 1. The maximum atomic E-state index is 12.9. The van der Waals surface area contributed by atoms with Crippen LogP contribution in [0.5, 0.6) is 5.75 Å². The number of carbonyl (C=O) groups excluding carboxylic acids is 2. The van der Waals surface area contributed by atoms with Crippen LogP contribution in [0.1, 0.15) is 60.3 Å². The lowest BCUT2D eigenvalue weighted by molar-refractivity contribution is -0.150. The van der Waals surface area contributed by atoms with Gasteiger partial charge in [0, 0.05) is 0 Å². The molecule has 0 radical (unpaired) electrons. The molecule has 1 aliphatic carbocycles. The summed E-state index contributed by atoms with van der Waals surface area (Å²) < 4.78 is 11.5. The van der Waals surface area contributed by atoms with E-state index in [1.54, 1.807) is 12.1 Å². The molecule has 1 aliphatic heterocycles. The van der Waals surface area contributed by atoms with Crippen molar-refractivity contribution in [3.63, 3.8) is 0 Å². The number of hydrogen-bond acceptors (Lipinski definition) is 6. The van der Waals surface area contributed by atoms with Crippen molar-refractivity contribution < 1.29 is 19.1 Å². The molecule has 2 aliphatic rings. The molecule has 29 heavy (non-hydrogen) atoms. The third-order valence-corrected chi connectivity index (χ3v) is 5.97. The summed E-state index contributed by atoms with van der Waals surface area (Å²) in [6.07, 6.45) is 3.07. The van der Waals surface area contributed by atoms with Crippen LogP contribution in [0.25, 0.3) is 0 Å². The molecule has 0 spiro atoms. The summed E-state index contributed by atoms with van der Waals surface area (Å²) in [5.74, 6) is 0.887. The summed E-state index contributed by atoms with van der Waals surface area (Å²) >= 11 is 0. The van der Waals surface area contributed by atoms with Crippen molar-refractivity contribution in [3.05, 3.63) is 12.1 Å². The standard InChI is InChI=1S/C22H33N3O4/c1-13(2)19-21(27)25(20-16(29-19)10-11-17(23)24-20)12-18(26)28-15-8-6-14(7-9-15)22(3,4)5/h10-11,13-15,19H,6-9,12H2,1-5H3,(H2,23,24). The number of esters is 1. The molecule has 7 nitrogen and oxygen atoms in total. The van der Waals surface area contributed by atoms with E-state index >= 15 is 0 Å². The van der Waals surface area contributed by atoms with Gasteiger partial charge >= 0.3 is 5.97 Å². The SMILES string of the molecule is CC(C)C1Oc2ccc(N)nc2N(CC(=O)OC2CCC(C(C)(C)C)CC2)C1=O. The van der Waals surface area contributed by atoms with Crippen LogP contribution >= 0.6 is 0 Å². The first kappa shape index (κ1) is 21.4. The molecule has 2 N–H and O–H groups in total. The Labute approximate surface area is 172 Å². The quantitative estimate of drug-likeness (QED) is 0.773. The molecule has 2 heterocycles. The number of carbonyl (C=O) groups is 2. The van der Waals surface area contributed by atoms with E-state index in [0.717, 1.165) is 25.7 Å². The molecular formula is C22H33N3O4. The fourth-order valence-electron chi connectivity index (χ4n) is 4.15. The summed E-state index contributed by atoms with van der Waals surface area (Å²) in [6.45, 7) is 10.4. The van der Waals surface area contributed by atoms with Gasteiger partial charge in [0.05, 0.1) is 0 Å². The molecule has 1 atom stereocenters. The molecule has 1 saturated carbocycles. The van der Waals surface area contributed by atoms with Gasteiger partial charge in [0.25, 0.3) is 5.91 Å². The molecule has 0 saturated heterocycles. The Balaban J connectivity index is 1.68. The van der Waals surface area contributed by atoms with Gasteiger partial charge in [0.15, 0.2) is 17.7 Å². The monoisotopic (exact) mass is 403 g/mol. The molecule has 1 aromatic heterocycles. The molecule has 1 aromatic rings. The summed E-state index contributed by atoms with van der Waals surface area (Å²) in [5.41, 5.74) is 6.07. The number of nitrogen functional groups attached to an aromatic ring is 1. The Morgan fingerprint density at radius 3 is 2.52 bits per heavy atom. The van der Waals surface area contributed by atoms with E-state index < -0.39 is 12.1 Å². The average Bonchev–Trinajstić information content (AvgIpc) is 2.63. The number of anilines is 2. The van der Waals surface area contributed by atoms with Crippen molar-refractivity contribution in [3.8, 4) is 5.75 Å². The molecule has 1 amide bonds. The minimum absolute atomic E-state index is 0.0422. The molecule has 0 aromatic carbocycles. The molecular weight excluding hydrogens is 370 g/mol. The Morgan fingerprint density at radius 2 is 1.93 bits per heavy atom. The van der Waals surface area contributed by atoms with Crippen LogP contribution in [-0.2, 0) is 14.3 Å². The van der Waals surface area contributed by atoms with Crippen molar-refractivity contribution in [2.24, 2.45) is 17.3 Å². The maximum absolute atomic E-state index is 12.9. The van der Waals surface area contributed by atoms with Crippen LogP contribution in [0.15, 0.2) is 12.1 Å². The number of nitrogens with zero attached hydrogens (tertiary/aromatic N) is 2. The minimum Gasteiger partial charge on any atom is -0.476 e. The van der Waals surface area contributed by atoms with Gasteiger partial charge in [-0.05, 0) is 55.1 Å². The van der Waals surface area contributed by atoms with Crippen molar-refractivity contribution in [1.82, 2.24) is 4.98 Å². The Hall–Kier alpha value is -2.31. The van der Waals surface area contributed by atoms with E-state index in [1.165, 1.54) is 4.90 Å². The first-order valence-corrected chi connectivity index (χ1v) is 10.5. The summed E-state index contributed by atoms with van der Waals surface area (Å²) in [6, 6.07) is 3.31. The maximum Gasteiger partial charge on any atom is 0.326 e. The first-order valence-electron chi connectivity index (χ1n) is 10.5. The van der Waals surface area contributed by atoms with Crippen LogP contribution in [0, 0.1) is 17.3 Å². The molecule has 0 bridgehead atoms. The molecule has 160 valence electrons. The summed E-state index contributed by atoms with van der Waals surface area (Å²) in [4.78, 5) is 31.2. The van der Waals surface area contributed by atoms with Crippen LogP contribution in [0.2, 0.25) is 0 Å². The fraction of sp³-hybridized carbons (Fsp3) is 0.682. The van der Waals surface area contributed by atoms with E-state index in [9.17, 15) is 9.59 Å². The molecule has 7 heteroatoms. The predicted molar refractivity (Wildman–Crippen MR) is 112 cm³/mol. The lowest BCUT2D eigenvalue weighted by Crippen LogP contribution is -2.51. The zero-order valence-electron chi connectivity index (χ0n) is 18.1. The van der Waals surface area contributed by atoms with Gasteiger partial charge in [0.1, 0.15) is 18.5 Å². The highest BCUT2D eigenvalue weighted by Gasteiger charge is 2.39. The second-order valence-electron chi connectivity index (χ2n) is 9.59. The second-order valence-corrected chi connectivity index (χ2v) is 9.59. The molecule has 1 unspecified atom stereocenters. The van der Waals surface area contributed by atoms with E-state index in [1.807, 2.05) is 13.8 Å². The van der Waals surface area contributed by atoms with Crippen LogP contribution in [-0.4, -0.2) is 35.6 Å². The number of aromatic nitrogens is 1. The van der Waals surface area contributed by atoms with E-state index in [2.05, 4.69) is 25.8 Å². The van der Waals surface area contributed by atoms with Crippen LogP contribution in [0.3, 0.4) is 0 Å². The number of hydrogen-bond donors (Lipinski definition) is 1. The third-order valence-electron chi connectivity index (χ3n) is 5.97. The number of pyridine rings is 1. The number of ether oxygens (including phenoxy) is 2. The van der Waals surface area contributed by atoms with E-state index in [-0.39, 0.29) is 41.5 Å². The van der Waals surface area contributed by atoms with Crippen molar-refractivity contribution in [2.75, 3.05) is 17.2 Å². The number of fused-ring (bicyclic) bond motifs is 1. The predicted octanol–water partition coefficient (Wildman–Crippen LogP) is 3.56. The van der Waals surface area contributed by atoms with Crippen molar-refractivity contribution >= 4 is 23.5 Å². The Morgan fingerprint density at radius 1 is 1.28 bits per heavy atom. The highest BCUT2D eigenvalue weighted by Crippen LogP contribution is 2.39. The van der Waals surface area contributed by atoms with E-state index in [4.69, 9.17) is 15.2 Å². The normalized spacial score (nSPS) is 24.8. The minimum atomic E-state index is -0.664. The lowest BCUT2D eigenvalue weighted by atomic mass is 9.72. The average molecular weight is 404 g/mol. The van der Waals surface area contributed by atoms with Gasteiger partial charge in [-0.15, -0.1) is 0 Å². The van der Waals surface area contributed by atoms with Gasteiger partial charge in [-0.25, -0.2) is 4.98 Å². The highest BCUT2D eigenvalue weighted by molar-refractivity contribution is 6.02. The molecule has 1 fully saturated rings. The summed E-state index contributed by atoms with van der Waals surface area (Å²) in [5, 5.41) is 0. The zero-order valence-corrected chi connectivity index (χ0v) is 18.1. The van der Waals surface area contributed by atoms with Crippen LogP contribution in [0.4, 0.5) is 11.6 Å². The molecule has 3 rings (SSSR count). The Kier molecular flexibility index (Phi) is 6.05. The largest absolute Gasteiger partial charge is 0.476 e. The van der Waals surface area contributed by atoms with Crippen LogP contribution < -0.4 is 15.4 Å². The first-order chi connectivity index (χ1) is 13.6. The van der Waals surface area contributed by atoms with Gasteiger partial charge in [-0.2, -0.15) is 0 Å². The lowest BCUT2D eigenvalue weighted by Gasteiger charge is -2.37. The number of nitrogens with two attached hydrogens (primary N) is 1. The third kappa shape index (κ3) is 4.82. The van der Waals surface area contributed by atoms with Gasteiger partial charge in [0.2, 0.25) is 0 Å².